The lowest BCUT2D eigenvalue weighted by atomic mass is 9.97. The maximum atomic E-state index is 14.2. The minimum atomic E-state index is -0.882. The van der Waals surface area contributed by atoms with Crippen LogP contribution in [0.2, 0.25) is 0 Å². The smallest absolute Gasteiger partial charge is 0.250 e. The number of rotatable bonds is 11. The van der Waals surface area contributed by atoms with Crippen LogP contribution in [-0.4, -0.2) is 68.6 Å². The van der Waals surface area contributed by atoms with Crippen LogP contribution >= 0.6 is 11.3 Å². The van der Waals surface area contributed by atoms with Crippen LogP contribution in [-0.2, 0) is 45.0 Å². The third kappa shape index (κ3) is 6.17. The van der Waals surface area contributed by atoms with Crippen molar-refractivity contribution in [3.63, 3.8) is 0 Å². The molecule has 6 rings (SSSR count). The van der Waals surface area contributed by atoms with Gasteiger partial charge in [0.05, 0.1) is 18.4 Å². The first kappa shape index (κ1) is 31.2. The highest BCUT2D eigenvalue weighted by Crippen LogP contribution is 2.39. The van der Waals surface area contributed by atoms with Crippen molar-refractivity contribution in [1.29, 1.82) is 0 Å². The van der Waals surface area contributed by atoms with Crippen LogP contribution in [0, 0.1) is 5.92 Å². The summed E-state index contributed by atoms with van der Waals surface area (Å²) in [5.41, 5.74) is 3.19. The molecule has 4 aromatic rings. The lowest BCUT2D eigenvalue weighted by Gasteiger charge is -2.34. The van der Waals surface area contributed by atoms with Crippen LogP contribution in [0.4, 0.5) is 5.69 Å². The predicted molar refractivity (Wildman–Crippen MR) is 176 cm³/mol. The molecule has 4 amide bonds. The Hall–Kier alpha value is -4.84. The summed E-state index contributed by atoms with van der Waals surface area (Å²) in [6, 6.07) is 13.6. The molecule has 3 N–H and O–H groups in total. The highest BCUT2D eigenvalue weighted by Gasteiger charge is 2.45. The number of carbonyl (C=O) groups is 4. The molecule has 0 aliphatic carbocycles. The molecular weight excluding hydrogens is 602 g/mol. The molecule has 2 aromatic heterocycles. The number of fused-ring (bicyclic) bond motifs is 1. The van der Waals surface area contributed by atoms with Crippen molar-refractivity contribution in [3.8, 4) is 0 Å². The van der Waals surface area contributed by atoms with Gasteiger partial charge in [0.1, 0.15) is 23.8 Å². The number of thiophene rings is 1. The largest absolute Gasteiger partial charge is 0.348 e. The van der Waals surface area contributed by atoms with Gasteiger partial charge >= 0.3 is 0 Å². The Labute approximate surface area is 271 Å². The Morgan fingerprint density at radius 2 is 2.00 bits per heavy atom. The van der Waals surface area contributed by atoms with Crippen molar-refractivity contribution in [2.75, 3.05) is 11.4 Å². The molecule has 0 saturated carbocycles. The van der Waals surface area contributed by atoms with E-state index in [2.05, 4.69) is 50.8 Å². The molecule has 4 heterocycles. The van der Waals surface area contributed by atoms with E-state index in [0.29, 0.717) is 37.9 Å². The van der Waals surface area contributed by atoms with Crippen molar-refractivity contribution in [2.45, 2.75) is 64.2 Å². The van der Waals surface area contributed by atoms with Gasteiger partial charge in [-0.15, -0.1) is 17.9 Å². The number of aromatic nitrogens is 3. The first-order valence-electron chi connectivity index (χ1n) is 15.5. The summed E-state index contributed by atoms with van der Waals surface area (Å²) in [6.45, 7) is 7.72. The van der Waals surface area contributed by atoms with E-state index in [1.807, 2.05) is 37.3 Å². The third-order valence-corrected chi connectivity index (χ3v) is 10.1. The monoisotopic (exact) mass is 639 g/mol. The highest BCUT2D eigenvalue weighted by molar-refractivity contribution is 7.19. The molecule has 0 radical (unpaired) electrons. The van der Waals surface area contributed by atoms with E-state index < -0.39 is 24.0 Å². The van der Waals surface area contributed by atoms with Crippen molar-refractivity contribution >= 4 is 50.7 Å². The number of hydrogen-bond donors (Lipinski definition) is 3. The van der Waals surface area contributed by atoms with E-state index in [-0.39, 0.29) is 30.2 Å². The van der Waals surface area contributed by atoms with Gasteiger partial charge < -0.3 is 15.5 Å². The Bertz CT molecular complexity index is 1750. The second kappa shape index (κ2) is 13.3. The fourth-order valence-electron chi connectivity index (χ4n) is 6.51. The van der Waals surface area contributed by atoms with Crippen LogP contribution in [0.5, 0.6) is 0 Å². The minimum absolute atomic E-state index is 0.167. The molecule has 2 aliphatic heterocycles. The molecule has 12 heteroatoms. The average molecular weight is 640 g/mol. The van der Waals surface area contributed by atoms with Gasteiger partial charge in [0.2, 0.25) is 23.6 Å². The van der Waals surface area contributed by atoms with Gasteiger partial charge in [0.15, 0.2) is 0 Å². The zero-order chi connectivity index (χ0) is 32.4. The van der Waals surface area contributed by atoms with E-state index in [0.717, 1.165) is 27.1 Å². The number of aromatic amines is 1. The number of benzene rings is 2. The predicted octanol–water partition coefficient (Wildman–Crippen LogP) is 3.31. The Balaban J connectivity index is 1.21. The molecule has 4 atom stereocenters. The van der Waals surface area contributed by atoms with Gasteiger partial charge in [-0.1, -0.05) is 49.4 Å². The molecule has 0 unspecified atom stereocenters. The van der Waals surface area contributed by atoms with Crippen molar-refractivity contribution in [3.05, 3.63) is 89.1 Å². The van der Waals surface area contributed by atoms with Crippen LogP contribution in [0.25, 0.3) is 10.1 Å². The van der Waals surface area contributed by atoms with Crippen molar-refractivity contribution < 1.29 is 19.2 Å². The van der Waals surface area contributed by atoms with Gasteiger partial charge in [0.25, 0.3) is 0 Å². The van der Waals surface area contributed by atoms with E-state index in [4.69, 9.17) is 0 Å². The van der Waals surface area contributed by atoms with Gasteiger partial charge in [-0.3, -0.25) is 24.1 Å². The van der Waals surface area contributed by atoms with Crippen LogP contribution in [0.15, 0.2) is 67.4 Å². The zero-order valence-electron chi connectivity index (χ0n) is 25.9. The number of hydrogen-bond acceptors (Lipinski definition) is 7. The molecule has 238 valence electrons. The number of anilines is 1. The molecule has 0 fully saturated rings. The molecule has 2 aromatic carbocycles. The van der Waals surface area contributed by atoms with E-state index in [1.165, 1.54) is 17.8 Å². The number of carbonyl (C=O) groups excluding carboxylic acids is 4. The molecule has 11 nitrogen and oxygen atoms in total. The number of para-hydroxylation sites is 1. The van der Waals surface area contributed by atoms with Crippen molar-refractivity contribution in [1.82, 2.24) is 30.9 Å². The Kier molecular flexibility index (Phi) is 8.98. The summed E-state index contributed by atoms with van der Waals surface area (Å²) >= 11 is 1.67. The lowest BCUT2D eigenvalue weighted by Crippen LogP contribution is -2.58. The van der Waals surface area contributed by atoms with Crippen LogP contribution in [0.3, 0.4) is 0 Å². The lowest BCUT2D eigenvalue weighted by molar-refractivity contribution is -0.141. The summed E-state index contributed by atoms with van der Waals surface area (Å²) in [7, 11) is 0. The molecule has 0 spiro atoms. The fourth-order valence-corrected chi connectivity index (χ4v) is 7.57. The quantitative estimate of drug-likeness (QED) is 0.215. The Morgan fingerprint density at radius 3 is 2.74 bits per heavy atom. The highest BCUT2D eigenvalue weighted by atomic mass is 32.1. The maximum absolute atomic E-state index is 14.2. The minimum Gasteiger partial charge on any atom is -0.348 e. The summed E-state index contributed by atoms with van der Waals surface area (Å²) < 4.78 is 1.17. The topological polar surface area (TPSA) is 140 Å². The van der Waals surface area contributed by atoms with Gasteiger partial charge in [0, 0.05) is 35.4 Å². The summed E-state index contributed by atoms with van der Waals surface area (Å²) in [5, 5.41) is 17.3. The normalized spacial score (nSPS) is 18.4. The Morgan fingerprint density at radius 1 is 1.20 bits per heavy atom. The number of aryl methyl sites for hydroxylation is 1. The third-order valence-electron chi connectivity index (χ3n) is 8.89. The molecule has 2 aliphatic rings. The second-order valence-corrected chi connectivity index (χ2v) is 13.1. The molecule has 46 heavy (non-hydrogen) atoms. The first-order valence-corrected chi connectivity index (χ1v) is 16.3. The van der Waals surface area contributed by atoms with Gasteiger partial charge in [-0.2, -0.15) is 15.4 Å². The van der Waals surface area contributed by atoms with E-state index in [1.54, 1.807) is 27.2 Å². The van der Waals surface area contributed by atoms with Crippen LogP contribution < -0.4 is 15.5 Å². The van der Waals surface area contributed by atoms with Gasteiger partial charge in [-0.05, 0) is 47.9 Å². The molecule has 0 saturated heterocycles. The SMILES string of the molecule is C=C[C@H](C)[C@@H](C(=O)N[C@H]1CCc2cccc3c2N(C1=O)[C@H](C(=O)NCc1cn[nH]n1)C3)N(CCc1cc2ccccc2s1)C(C)=O. The maximum Gasteiger partial charge on any atom is 0.250 e. The summed E-state index contributed by atoms with van der Waals surface area (Å²) in [4.78, 5) is 59.0. The number of amides is 4. The van der Waals surface area contributed by atoms with Crippen molar-refractivity contribution in [2.24, 2.45) is 5.92 Å². The summed E-state index contributed by atoms with van der Waals surface area (Å²) in [5.74, 6) is -1.69. The fraction of sp³-hybridized carbons (Fsp3) is 0.353. The summed E-state index contributed by atoms with van der Waals surface area (Å²) in [6.07, 6.45) is 5.05. The van der Waals surface area contributed by atoms with Gasteiger partial charge in [-0.25, -0.2) is 0 Å². The number of nitrogens with one attached hydrogen (secondary N) is 3. The zero-order valence-corrected chi connectivity index (χ0v) is 26.7. The van der Waals surface area contributed by atoms with E-state index >= 15 is 0 Å². The molecular formula is C34H37N7O4S. The van der Waals surface area contributed by atoms with Crippen LogP contribution in [0.1, 0.15) is 42.0 Å². The van der Waals surface area contributed by atoms with E-state index in [9.17, 15) is 19.2 Å². The standard InChI is InChI=1S/C34H37N7O4S/c1-4-20(2)30(40(21(3)42)15-14-26-16-23-8-5-6-11-29(23)46-26)33(44)37-27-13-12-22-9-7-10-24-17-28(41(31(22)24)34(27)45)32(43)35-18-25-19-36-39-38-25/h4-11,16,19-20,27-28,30H,1,12-15,17-18H2,2-3H3,(H,35,43)(H,37,44)(H,36,38,39)/t20-,27-,28-,30-/m0/s1. The average Bonchev–Trinajstić information content (AvgIpc) is 3.79. The second-order valence-electron chi connectivity index (χ2n) is 11.9. The molecule has 0 bridgehead atoms. The first-order chi connectivity index (χ1) is 22.2. The number of H-pyrrole nitrogens is 1. The number of nitrogens with zero attached hydrogens (tertiary/aromatic N) is 4.